The Hall–Kier alpha value is -4.11. The molecular weight excluding hydrogens is 485 g/mol. The van der Waals surface area contributed by atoms with Gasteiger partial charge in [-0.3, -0.25) is 9.59 Å². The predicted molar refractivity (Wildman–Crippen MR) is 132 cm³/mol. The Morgan fingerprint density at radius 3 is 2.46 bits per heavy atom. The van der Waals surface area contributed by atoms with Gasteiger partial charge in [0.1, 0.15) is 5.75 Å². The van der Waals surface area contributed by atoms with Crippen LogP contribution in [0.25, 0.3) is 0 Å². The van der Waals surface area contributed by atoms with Crippen LogP contribution >= 0.6 is 0 Å². The number of alkyl halides is 3. The van der Waals surface area contributed by atoms with Crippen LogP contribution in [0, 0.1) is 5.41 Å². The highest BCUT2D eigenvalue weighted by molar-refractivity contribution is 6.05. The average Bonchev–Trinajstić information content (AvgIpc) is 3.37. The smallest absolute Gasteiger partial charge is 0.418 e. The van der Waals surface area contributed by atoms with Gasteiger partial charge in [0.05, 0.1) is 23.3 Å². The molecule has 3 aromatic carbocycles. The molecule has 1 saturated heterocycles. The van der Waals surface area contributed by atoms with Gasteiger partial charge in [-0.1, -0.05) is 42.5 Å². The molecule has 6 nitrogen and oxygen atoms in total. The molecule has 4 rings (SSSR count). The normalized spacial score (nSPS) is 17.6. The van der Waals surface area contributed by atoms with Crippen molar-refractivity contribution in [1.29, 1.82) is 0 Å². The molecule has 0 spiro atoms. The van der Waals surface area contributed by atoms with Gasteiger partial charge in [-0.05, 0) is 54.5 Å². The second-order valence-corrected chi connectivity index (χ2v) is 8.75. The lowest BCUT2D eigenvalue weighted by molar-refractivity contribution is -0.137. The number of halogens is 3. The van der Waals surface area contributed by atoms with Gasteiger partial charge in [0, 0.05) is 24.4 Å². The number of carbonyl (C=O) groups excluding carboxylic acids is 2. The fourth-order valence-corrected chi connectivity index (χ4v) is 4.02. The van der Waals surface area contributed by atoms with Gasteiger partial charge in [-0.2, -0.15) is 13.2 Å². The zero-order valence-corrected chi connectivity index (χ0v) is 19.7. The van der Waals surface area contributed by atoms with Crippen molar-refractivity contribution in [3.05, 3.63) is 102 Å². The van der Waals surface area contributed by atoms with E-state index in [0.717, 1.165) is 11.6 Å². The van der Waals surface area contributed by atoms with Gasteiger partial charge >= 0.3 is 6.18 Å². The summed E-state index contributed by atoms with van der Waals surface area (Å²) in [6, 6.07) is 17.9. The first-order valence-corrected chi connectivity index (χ1v) is 11.6. The highest BCUT2D eigenvalue weighted by Crippen LogP contribution is 2.36. The topological polar surface area (TPSA) is 87.7 Å². The largest absolute Gasteiger partial charge is 0.508 e. The monoisotopic (exact) mass is 510 g/mol. The Bertz CT molecular complexity index is 1300. The number of phenols is 1. The van der Waals surface area contributed by atoms with Crippen LogP contribution in [0.2, 0.25) is 0 Å². The van der Waals surface area contributed by atoms with Crippen LogP contribution in [0.3, 0.4) is 0 Å². The lowest BCUT2D eigenvalue weighted by Crippen LogP contribution is -2.40. The number of hydrogen-bond acceptors (Lipinski definition) is 5. The summed E-state index contributed by atoms with van der Waals surface area (Å²) >= 11 is 0. The number of hydrogen-bond donors (Lipinski definition) is 3. The maximum Gasteiger partial charge on any atom is 0.418 e. The Kier molecular flexibility index (Phi) is 7.63. The van der Waals surface area contributed by atoms with Gasteiger partial charge in [0.25, 0.3) is 0 Å². The van der Waals surface area contributed by atoms with E-state index in [0.29, 0.717) is 24.3 Å². The third kappa shape index (κ3) is 6.37. The van der Waals surface area contributed by atoms with Gasteiger partial charge in [0.2, 0.25) is 5.91 Å². The second kappa shape index (κ2) is 10.9. The van der Waals surface area contributed by atoms with Crippen molar-refractivity contribution in [1.82, 2.24) is 5.32 Å². The summed E-state index contributed by atoms with van der Waals surface area (Å²) in [5.41, 5.74) is -0.290. The Morgan fingerprint density at radius 2 is 1.78 bits per heavy atom. The van der Waals surface area contributed by atoms with E-state index >= 15 is 0 Å². The number of nitrogens with one attached hydrogen (secondary N) is 2. The number of ether oxygens (including phenoxy) is 1. The second-order valence-electron chi connectivity index (χ2n) is 8.75. The summed E-state index contributed by atoms with van der Waals surface area (Å²) < 4.78 is 45.1. The maximum atomic E-state index is 13.2. The summed E-state index contributed by atoms with van der Waals surface area (Å²) in [5, 5.41) is 15.2. The molecule has 0 unspecified atom stereocenters. The molecule has 1 aliphatic heterocycles. The first-order chi connectivity index (χ1) is 17.7. The van der Waals surface area contributed by atoms with Crippen molar-refractivity contribution in [2.24, 2.45) is 5.41 Å². The Morgan fingerprint density at radius 1 is 1.03 bits per heavy atom. The fraction of sp³-hybridized carbons (Fsp3) is 0.214. The van der Waals surface area contributed by atoms with E-state index in [2.05, 4.69) is 10.6 Å². The van der Waals surface area contributed by atoms with E-state index in [1.165, 1.54) is 36.4 Å². The van der Waals surface area contributed by atoms with Crippen LogP contribution in [0.5, 0.6) is 5.75 Å². The van der Waals surface area contributed by atoms with Gasteiger partial charge in [0.15, 0.2) is 5.78 Å². The average molecular weight is 511 g/mol. The quantitative estimate of drug-likeness (QED) is 0.271. The molecule has 37 heavy (non-hydrogen) atoms. The van der Waals surface area contributed by atoms with Crippen LogP contribution in [-0.2, 0) is 22.3 Å². The molecule has 1 fully saturated rings. The highest BCUT2D eigenvalue weighted by atomic mass is 19.4. The van der Waals surface area contributed by atoms with Gasteiger partial charge in [-0.15, -0.1) is 0 Å². The lowest BCUT2D eigenvalue weighted by Gasteiger charge is -2.22. The van der Waals surface area contributed by atoms with E-state index in [-0.39, 0.29) is 36.3 Å². The molecule has 9 heteroatoms. The molecule has 192 valence electrons. The molecule has 0 aromatic heterocycles. The van der Waals surface area contributed by atoms with Crippen molar-refractivity contribution < 1.29 is 32.6 Å². The number of carbonyl (C=O) groups is 2. The number of benzene rings is 3. The van der Waals surface area contributed by atoms with E-state index in [1.807, 2.05) is 0 Å². The molecule has 3 N–H and O–H groups in total. The van der Waals surface area contributed by atoms with Crippen LogP contribution in [0.4, 0.5) is 24.5 Å². The van der Waals surface area contributed by atoms with Crippen LogP contribution in [0.15, 0.2) is 84.9 Å². The molecule has 1 aliphatic rings. The number of anilines is 2. The molecule has 1 atom stereocenters. The predicted octanol–water partition coefficient (Wildman–Crippen LogP) is 5.62. The number of ketones is 1. The maximum absolute atomic E-state index is 13.2. The first kappa shape index (κ1) is 26.0. The minimum atomic E-state index is -4.48. The minimum Gasteiger partial charge on any atom is -0.508 e. The summed E-state index contributed by atoms with van der Waals surface area (Å²) in [4.78, 5) is 25.6. The van der Waals surface area contributed by atoms with Crippen molar-refractivity contribution >= 4 is 23.1 Å². The Balaban J connectivity index is 1.39. The summed E-state index contributed by atoms with van der Waals surface area (Å²) in [5.74, 6) is -0.668. The van der Waals surface area contributed by atoms with Crippen molar-refractivity contribution in [3.8, 4) is 5.75 Å². The molecule has 0 bridgehead atoms. The van der Waals surface area contributed by atoms with Gasteiger partial charge < -0.3 is 20.5 Å². The van der Waals surface area contributed by atoms with E-state index in [4.69, 9.17) is 4.74 Å². The number of aromatic hydroxyl groups is 1. The van der Waals surface area contributed by atoms with Gasteiger partial charge in [-0.25, -0.2) is 0 Å². The molecule has 1 heterocycles. The van der Waals surface area contributed by atoms with E-state index in [1.54, 1.807) is 42.5 Å². The Labute approximate surface area is 211 Å². The zero-order valence-electron chi connectivity index (χ0n) is 19.7. The number of phenolic OH excluding ortho intramolecular Hbond substituents is 1. The third-order valence-electron chi connectivity index (χ3n) is 6.11. The van der Waals surface area contributed by atoms with Crippen LogP contribution in [-0.4, -0.2) is 30.0 Å². The lowest BCUT2D eigenvalue weighted by atomic mass is 9.85. The number of rotatable bonds is 8. The van der Waals surface area contributed by atoms with Crippen molar-refractivity contribution in [3.63, 3.8) is 0 Å². The van der Waals surface area contributed by atoms with Crippen LogP contribution in [0.1, 0.15) is 27.9 Å². The van der Waals surface area contributed by atoms with E-state index < -0.39 is 17.2 Å². The fourth-order valence-electron chi connectivity index (χ4n) is 4.02. The van der Waals surface area contributed by atoms with Crippen molar-refractivity contribution in [2.75, 3.05) is 18.5 Å². The van der Waals surface area contributed by atoms with Crippen molar-refractivity contribution in [2.45, 2.75) is 19.1 Å². The van der Waals surface area contributed by atoms with E-state index in [9.17, 15) is 27.9 Å². The first-order valence-electron chi connectivity index (χ1n) is 11.6. The molecule has 0 radical (unpaired) electrons. The zero-order chi connectivity index (χ0) is 26.5. The number of allylic oxidation sites excluding steroid dienone is 1. The molecule has 1 amide bonds. The summed E-state index contributed by atoms with van der Waals surface area (Å²) in [6.45, 7) is 0.691. The standard InChI is InChI=1S/C28H25F3N2O4/c29-28(30,31)23-6-1-2-7-24(23)33-21-10-8-19(9-11-21)17-32-26(36)27(14-15-37-18-27)13-12-25(35)20-4-3-5-22(34)16-20/h1-13,16,33-34H,14-15,17-18H2,(H,32,36)/b13-12+/t27-/m1/s1. The van der Waals surface area contributed by atoms with Crippen LogP contribution < -0.4 is 10.6 Å². The molecule has 3 aromatic rings. The number of amides is 1. The minimum absolute atomic E-state index is 0.0262. The summed E-state index contributed by atoms with van der Waals surface area (Å²) in [7, 11) is 0. The SMILES string of the molecule is O=C(/C=C/[C@@]1(C(=O)NCc2ccc(Nc3ccccc3C(F)(F)F)cc2)CCOC1)c1cccc(O)c1. The molecule has 0 saturated carbocycles. The number of para-hydroxylation sites is 1. The summed E-state index contributed by atoms with van der Waals surface area (Å²) in [6.07, 6.45) is -1.20. The molecular formula is C28H25F3N2O4. The molecule has 0 aliphatic carbocycles. The third-order valence-corrected chi connectivity index (χ3v) is 6.11. The highest BCUT2D eigenvalue weighted by Gasteiger charge is 2.40.